The molecule has 0 amide bonds. The van der Waals surface area contributed by atoms with Crippen LogP contribution in [0.15, 0.2) is 18.2 Å². The molecular weight excluding hydrogens is 214 g/mol. The first kappa shape index (κ1) is 9.46. The first-order valence-electron chi connectivity index (χ1n) is 5.06. The first-order chi connectivity index (χ1) is 7.19. The van der Waals surface area contributed by atoms with Gasteiger partial charge in [0.25, 0.3) is 0 Å². The summed E-state index contributed by atoms with van der Waals surface area (Å²) in [7, 11) is 0. The van der Waals surface area contributed by atoms with Crippen molar-refractivity contribution in [3.05, 3.63) is 28.8 Å². The Morgan fingerprint density at radius 3 is 2.93 bits per heavy atom. The van der Waals surface area contributed by atoms with Gasteiger partial charge in [-0.15, -0.1) is 0 Å². The van der Waals surface area contributed by atoms with Gasteiger partial charge in [-0.05, 0) is 18.2 Å². The van der Waals surface area contributed by atoms with Gasteiger partial charge in [0, 0.05) is 30.1 Å². The molecule has 0 aromatic heterocycles. The molecule has 2 aliphatic heterocycles. The molecule has 1 aromatic rings. The molecule has 0 saturated carbocycles. The van der Waals surface area contributed by atoms with E-state index < -0.39 is 6.10 Å². The number of benzene rings is 1. The molecule has 0 unspecified atom stereocenters. The highest BCUT2D eigenvalue weighted by Gasteiger charge is 2.45. The van der Waals surface area contributed by atoms with Gasteiger partial charge in [0.1, 0.15) is 11.4 Å². The lowest BCUT2D eigenvalue weighted by Gasteiger charge is -2.47. The lowest BCUT2D eigenvalue weighted by molar-refractivity contribution is -0.0482. The van der Waals surface area contributed by atoms with Crippen LogP contribution < -0.4 is 10.1 Å². The average Bonchev–Trinajstić information content (AvgIpc) is 2.16. The maximum Gasteiger partial charge on any atom is 0.136 e. The molecule has 1 spiro atoms. The molecular formula is C11H12ClNO2. The van der Waals surface area contributed by atoms with E-state index in [2.05, 4.69) is 5.32 Å². The van der Waals surface area contributed by atoms with E-state index in [1.54, 1.807) is 12.1 Å². The van der Waals surface area contributed by atoms with Gasteiger partial charge in [0.15, 0.2) is 0 Å². The van der Waals surface area contributed by atoms with Crippen LogP contribution in [0.2, 0.25) is 5.02 Å². The molecule has 0 radical (unpaired) electrons. The van der Waals surface area contributed by atoms with Crippen molar-refractivity contribution in [2.45, 2.75) is 18.1 Å². The minimum atomic E-state index is -0.463. The zero-order chi connectivity index (χ0) is 10.5. The number of hydrogen-bond donors (Lipinski definition) is 2. The number of nitrogens with one attached hydrogen (secondary N) is 1. The second-order valence-electron chi connectivity index (χ2n) is 4.29. The largest absolute Gasteiger partial charge is 0.484 e. The molecule has 4 heteroatoms. The van der Waals surface area contributed by atoms with Crippen molar-refractivity contribution in [1.29, 1.82) is 0 Å². The molecule has 80 valence electrons. The van der Waals surface area contributed by atoms with Crippen molar-refractivity contribution in [1.82, 2.24) is 5.32 Å². The van der Waals surface area contributed by atoms with Crippen LogP contribution in [0, 0.1) is 0 Å². The minimum absolute atomic E-state index is 0.194. The number of aliphatic hydroxyl groups excluding tert-OH is 1. The Kier molecular flexibility index (Phi) is 1.96. The monoisotopic (exact) mass is 225 g/mol. The Morgan fingerprint density at radius 1 is 1.47 bits per heavy atom. The highest BCUT2D eigenvalue weighted by atomic mass is 35.5. The fourth-order valence-corrected chi connectivity index (χ4v) is 2.41. The maximum atomic E-state index is 10.0. The van der Waals surface area contributed by atoms with Gasteiger partial charge in [-0.1, -0.05) is 11.6 Å². The summed E-state index contributed by atoms with van der Waals surface area (Å²) < 4.78 is 5.90. The Bertz CT molecular complexity index is 404. The lowest BCUT2D eigenvalue weighted by atomic mass is 9.84. The Morgan fingerprint density at radius 2 is 2.27 bits per heavy atom. The highest BCUT2D eigenvalue weighted by molar-refractivity contribution is 6.30. The van der Waals surface area contributed by atoms with Gasteiger partial charge in [0.2, 0.25) is 0 Å². The van der Waals surface area contributed by atoms with Crippen molar-refractivity contribution in [3.63, 3.8) is 0 Å². The van der Waals surface area contributed by atoms with E-state index in [0.717, 1.165) is 24.4 Å². The maximum absolute atomic E-state index is 10.0. The van der Waals surface area contributed by atoms with Crippen molar-refractivity contribution < 1.29 is 9.84 Å². The Balaban J connectivity index is 2.01. The Labute approximate surface area is 93.0 Å². The topological polar surface area (TPSA) is 41.5 Å². The summed E-state index contributed by atoms with van der Waals surface area (Å²) in [5.41, 5.74) is 0.611. The van der Waals surface area contributed by atoms with Crippen LogP contribution in [0.1, 0.15) is 18.1 Å². The van der Waals surface area contributed by atoms with E-state index in [-0.39, 0.29) is 5.60 Å². The van der Waals surface area contributed by atoms with E-state index in [4.69, 9.17) is 16.3 Å². The summed E-state index contributed by atoms with van der Waals surface area (Å²) in [6, 6.07) is 5.40. The molecule has 0 bridgehead atoms. The van der Waals surface area contributed by atoms with Gasteiger partial charge in [0.05, 0.1) is 6.10 Å². The van der Waals surface area contributed by atoms with Crippen LogP contribution in [0.3, 0.4) is 0 Å². The highest BCUT2D eigenvalue weighted by Crippen LogP contribution is 2.42. The third kappa shape index (κ3) is 1.42. The lowest BCUT2D eigenvalue weighted by Crippen LogP contribution is -2.64. The first-order valence-corrected chi connectivity index (χ1v) is 5.44. The summed E-state index contributed by atoms with van der Waals surface area (Å²) >= 11 is 5.88. The molecule has 2 aliphatic rings. The molecule has 3 nitrogen and oxygen atoms in total. The van der Waals surface area contributed by atoms with Crippen molar-refractivity contribution in [3.8, 4) is 5.75 Å². The number of ether oxygens (including phenoxy) is 1. The second kappa shape index (κ2) is 3.11. The van der Waals surface area contributed by atoms with E-state index in [9.17, 15) is 5.11 Å². The predicted molar refractivity (Wildman–Crippen MR) is 57.3 cm³/mol. The Hall–Kier alpha value is -0.770. The van der Waals surface area contributed by atoms with Crippen LogP contribution in [-0.2, 0) is 0 Å². The summed E-state index contributed by atoms with van der Waals surface area (Å²) in [6.45, 7) is 1.62. The SMILES string of the molecule is O[C@H]1CC2(CNC2)Oc2ccc(Cl)cc21. The standard InChI is InChI=1S/C11H12ClNO2/c12-7-1-2-10-8(3-7)9(14)4-11(15-10)5-13-6-11/h1-3,9,13-14H,4-6H2/t9-/m0/s1. The molecule has 3 rings (SSSR count). The smallest absolute Gasteiger partial charge is 0.136 e. The van der Waals surface area contributed by atoms with Crippen molar-refractivity contribution in [2.75, 3.05) is 13.1 Å². The van der Waals surface area contributed by atoms with Crippen LogP contribution >= 0.6 is 11.6 Å². The van der Waals surface area contributed by atoms with Gasteiger partial charge >= 0.3 is 0 Å². The predicted octanol–water partition coefficient (Wildman–Crippen LogP) is 1.50. The molecule has 1 atom stereocenters. The normalized spacial score (nSPS) is 26.7. The van der Waals surface area contributed by atoms with E-state index in [1.165, 1.54) is 0 Å². The van der Waals surface area contributed by atoms with Crippen LogP contribution in [-0.4, -0.2) is 23.8 Å². The molecule has 2 heterocycles. The van der Waals surface area contributed by atoms with E-state index in [1.807, 2.05) is 6.07 Å². The fourth-order valence-electron chi connectivity index (χ4n) is 2.23. The number of hydrogen-bond acceptors (Lipinski definition) is 3. The van der Waals surface area contributed by atoms with Crippen LogP contribution in [0.4, 0.5) is 0 Å². The third-order valence-corrected chi connectivity index (χ3v) is 3.35. The minimum Gasteiger partial charge on any atom is -0.484 e. The average molecular weight is 226 g/mol. The zero-order valence-corrected chi connectivity index (χ0v) is 8.92. The summed E-state index contributed by atoms with van der Waals surface area (Å²) in [5, 5.41) is 13.8. The molecule has 15 heavy (non-hydrogen) atoms. The van der Waals surface area contributed by atoms with Gasteiger partial charge in [-0.25, -0.2) is 0 Å². The molecule has 0 aliphatic carbocycles. The number of halogens is 1. The quantitative estimate of drug-likeness (QED) is 0.703. The molecule has 1 aromatic carbocycles. The number of rotatable bonds is 0. The molecule has 2 N–H and O–H groups in total. The number of aliphatic hydroxyl groups is 1. The number of fused-ring (bicyclic) bond motifs is 1. The second-order valence-corrected chi connectivity index (χ2v) is 4.73. The van der Waals surface area contributed by atoms with Crippen LogP contribution in [0.5, 0.6) is 5.75 Å². The molecule has 1 fully saturated rings. The fraction of sp³-hybridized carbons (Fsp3) is 0.455. The van der Waals surface area contributed by atoms with Gasteiger partial charge in [-0.3, -0.25) is 0 Å². The van der Waals surface area contributed by atoms with E-state index >= 15 is 0 Å². The summed E-state index contributed by atoms with van der Waals surface area (Å²) in [6.07, 6.45) is 0.183. The summed E-state index contributed by atoms with van der Waals surface area (Å²) in [4.78, 5) is 0. The summed E-state index contributed by atoms with van der Waals surface area (Å²) in [5.74, 6) is 0.764. The molecule has 1 saturated heterocycles. The van der Waals surface area contributed by atoms with Crippen molar-refractivity contribution in [2.24, 2.45) is 0 Å². The van der Waals surface area contributed by atoms with Crippen molar-refractivity contribution >= 4 is 11.6 Å². The van der Waals surface area contributed by atoms with Crippen LogP contribution in [0.25, 0.3) is 0 Å². The zero-order valence-electron chi connectivity index (χ0n) is 8.16. The van der Waals surface area contributed by atoms with Gasteiger partial charge < -0.3 is 15.2 Å². The van der Waals surface area contributed by atoms with Gasteiger partial charge in [-0.2, -0.15) is 0 Å². The van der Waals surface area contributed by atoms with E-state index in [0.29, 0.717) is 11.4 Å². The third-order valence-electron chi connectivity index (χ3n) is 3.12.